The number of hydrogen-bond donors (Lipinski definition) is 1. The van der Waals surface area contributed by atoms with Crippen LogP contribution in [0.3, 0.4) is 0 Å². The Morgan fingerprint density at radius 3 is 2.56 bits per heavy atom. The van der Waals surface area contributed by atoms with Gasteiger partial charge in [0.25, 0.3) is 0 Å². The maximum atomic E-state index is 6.07. The topological polar surface area (TPSA) is 35.2 Å². The fraction of sp³-hybridized carbons (Fsp3) is 0.571. The zero-order valence-electron chi connectivity index (χ0n) is 10.2. The van der Waals surface area contributed by atoms with Crippen LogP contribution in [0.25, 0.3) is 0 Å². The Balaban J connectivity index is 2.05. The summed E-state index contributed by atoms with van der Waals surface area (Å²) in [5.74, 6) is 0.963. The second kappa shape index (κ2) is 4.88. The van der Waals surface area contributed by atoms with Crippen molar-refractivity contribution in [3.05, 3.63) is 29.3 Å². The van der Waals surface area contributed by atoms with Crippen LogP contribution in [0.5, 0.6) is 5.75 Å². The summed E-state index contributed by atoms with van der Waals surface area (Å²) < 4.78 is 5.98. The number of benzene rings is 1. The molecule has 0 amide bonds. The molecule has 0 spiro atoms. The van der Waals surface area contributed by atoms with Gasteiger partial charge >= 0.3 is 0 Å². The van der Waals surface area contributed by atoms with Crippen molar-refractivity contribution in [2.24, 2.45) is 5.73 Å². The van der Waals surface area contributed by atoms with Gasteiger partial charge in [-0.15, -0.1) is 0 Å². The normalized spacial score (nSPS) is 25.4. The number of rotatable bonds is 2. The maximum absolute atomic E-state index is 6.07. The minimum Gasteiger partial charge on any atom is -0.489 e. The molecule has 1 aromatic rings. The van der Waals surface area contributed by atoms with Crippen molar-refractivity contribution in [2.45, 2.75) is 51.7 Å². The molecular formula is C14H21NO. The number of aryl methyl sites for hydroxylation is 2. The van der Waals surface area contributed by atoms with Crippen LogP contribution in [0, 0.1) is 13.8 Å². The third-order valence-electron chi connectivity index (χ3n) is 3.52. The standard InChI is InChI=1S/C14H21NO/c1-10-7-8-12(9-11(10)2)16-14-6-4-3-5-13(14)15/h7-9,13-14H,3-6,15H2,1-2H3. The van der Waals surface area contributed by atoms with Crippen molar-refractivity contribution < 1.29 is 4.74 Å². The van der Waals surface area contributed by atoms with Gasteiger partial charge in [-0.25, -0.2) is 0 Å². The summed E-state index contributed by atoms with van der Waals surface area (Å²) in [5.41, 5.74) is 8.66. The summed E-state index contributed by atoms with van der Waals surface area (Å²) in [5, 5.41) is 0. The van der Waals surface area contributed by atoms with Crippen molar-refractivity contribution in [3.63, 3.8) is 0 Å². The molecule has 0 aliphatic heterocycles. The molecule has 1 aromatic carbocycles. The lowest BCUT2D eigenvalue weighted by molar-refractivity contribution is 0.132. The molecule has 2 rings (SSSR count). The minimum atomic E-state index is 0.204. The molecule has 16 heavy (non-hydrogen) atoms. The van der Waals surface area contributed by atoms with Gasteiger partial charge in [-0.1, -0.05) is 12.5 Å². The van der Waals surface area contributed by atoms with E-state index in [4.69, 9.17) is 10.5 Å². The third kappa shape index (κ3) is 2.56. The fourth-order valence-electron chi connectivity index (χ4n) is 2.23. The Hall–Kier alpha value is -1.02. The molecule has 0 heterocycles. The Morgan fingerprint density at radius 1 is 1.12 bits per heavy atom. The molecule has 2 atom stereocenters. The Kier molecular flexibility index (Phi) is 3.49. The molecule has 1 saturated carbocycles. The molecule has 0 radical (unpaired) electrons. The highest BCUT2D eigenvalue weighted by atomic mass is 16.5. The van der Waals surface area contributed by atoms with Crippen LogP contribution in [0.4, 0.5) is 0 Å². The van der Waals surface area contributed by atoms with Crippen LogP contribution >= 0.6 is 0 Å². The van der Waals surface area contributed by atoms with Gasteiger partial charge in [0, 0.05) is 6.04 Å². The molecular weight excluding hydrogens is 198 g/mol. The van der Waals surface area contributed by atoms with Gasteiger partial charge in [-0.3, -0.25) is 0 Å². The van der Waals surface area contributed by atoms with Gasteiger partial charge < -0.3 is 10.5 Å². The third-order valence-corrected chi connectivity index (χ3v) is 3.52. The summed E-state index contributed by atoms with van der Waals surface area (Å²) in [6.07, 6.45) is 4.87. The first-order valence-electron chi connectivity index (χ1n) is 6.16. The maximum Gasteiger partial charge on any atom is 0.120 e. The van der Waals surface area contributed by atoms with E-state index in [0.29, 0.717) is 0 Å². The molecule has 1 aliphatic rings. The summed E-state index contributed by atoms with van der Waals surface area (Å²) >= 11 is 0. The summed E-state index contributed by atoms with van der Waals surface area (Å²) in [6, 6.07) is 6.47. The molecule has 0 saturated heterocycles. The van der Waals surface area contributed by atoms with Gasteiger partial charge in [0.05, 0.1) is 0 Å². The van der Waals surface area contributed by atoms with Crippen molar-refractivity contribution in [2.75, 3.05) is 0 Å². The van der Waals surface area contributed by atoms with Gasteiger partial charge in [0.15, 0.2) is 0 Å². The molecule has 2 N–H and O–H groups in total. The molecule has 88 valence electrons. The van der Waals surface area contributed by atoms with Gasteiger partial charge in [-0.05, 0) is 56.4 Å². The second-order valence-corrected chi connectivity index (χ2v) is 4.85. The Labute approximate surface area is 97.8 Å². The van der Waals surface area contributed by atoms with Crippen LogP contribution < -0.4 is 10.5 Å². The first-order chi connectivity index (χ1) is 7.66. The highest BCUT2D eigenvalue weighted by molar-refractivity contribution is 5.34. The predicted molar refractivity (Wildman–Crippen MR) is 66.8 cm³/mol. The van der Waals surface area contributed by atoms with E-state index in [1.165, 1.54) is 24.0 Å². The Morgan fingerprint density at radius 2 is 1.88 bits per heavy atom. The van der Waals surface area contributed by atoms with Crippen molar-refractivity contribution in [3.8, 4) is 5.75 Å². The molecule has 0 bridgehead atoms. The molecule has 1 fully saturated rings. The van der Waals surface area contributed by atoms with Gasteiger partial charge in [0.1, 0.15) is 11.9 Å². The van der Waals surface area contributed by atoms with E-state index in [-0.39, 0.29) is 12.1 Å². The van der Waals surface area contributed by atoms with Crippen LogP contribution in [0.15, 0.2) is 18.2 Å². The van der Waals surface area contributed by atoms with E-state index < -0.39 is 0 Å². The lowest BCUT2D eigenvalue weighted by atomic mass is 9.93. The van der Waals surface area contributed by atoms with E-state index in [0.717, 1.165) is 18.6 Å². The zero-order chi connectivity index (χ0) is 11.5. The number of hydrogen-bond acceptors (Lipinski definition) is 2. The average Bonchev–Trinajstić information content (AvgIpc) is 2.27. The van der Waals surface area contributed by atoms with Gasteiger partial charge in [-0.2, -0.15) is 0 Å². The van der Waals surface area contributed by atoms with Gasteiger partial charge in [0.2, 0.25) is 0 Å². The molecule has 1 aliphatic carbocycles. The van der Waals surface area contributed by atoms with E-state index in [2.05, 4.69) is 26.0 Å². The fourth-order valence-corrected chi connectivity index (χ4v) is 2.23. The van der Waals surface area contributed by atoms with Crippen LogP contribution in [-0.4, -0.2) is 12.1 Å². The molecule has 0 aromatic heterocycles. The highest BCUT2D eigenvalue weighted by Crippen LogP contribution is 2.24. The second-order valence-electron chi connectivity index (χ2n) is 4.85. The summed E-state index contributed by atoms with van der Waals surface area (Å²) in [7, 11) is 0. The summed E-state index contributed by atoms with van der Waals surface area (Å²) in [4.78, 5) is 0. The average molecular weight is 219 g/mol. The SMILES string of the molecule is Cc1ccc(OC2CCCCC2N)cc1C. The molecule has 2 unspecified atom stereocenters. The van der Waals surface area contributed by atoms with Crippen molar-refractivity contribution in [1.82, 2.24) is 0 Å². The smallest absolute Gasteiger partial charge is 0.120 e. The van der Waals surface area contributed by atoms with Crippen molar-refractivity contribution in [1.29, 1.82) is 0 Å². The van der Waals surface area contributed by atoms with E-state index >= 15 is 0 Å². The monoisotopic (exact) mass is 219 g/mol. The number of nitrogens with two attached hydrogens (primary N) is 1. The lowest BCUT2D eigenvalue weighted by Gasteiger charge is -2.29. The largest absolute Gasteiger partial charge is 0.489 e. The van der Waals surface area contributed by atoms with E-state index in [9.17, 15) is 0 Å². The Bertz CT molecular complexity index is 362. The van der Waals surface area contributed by atoms with Crippen molar-refractivity contribution >= 4 is 0 Å². The lowest BCUT2D eigenvalue weighted by Crippen LogP contribution is -2.41. The minimum absolute atomic E-state index is 0.204. The summed E-state index contributed by atoms with van der Waals surface area (Å²) in [6.45, 7) is 4.23. The predicted octanol–water partition coefficient (Wildman–Crippen LogP) is 2.95. The van der Waals surface area contributed by atoms with Crippen LogP contribution in [0.2, 0.25) is 0 Å². The molecule has 2 nitrogen and oxygen atoms in total. The number of ether oxygens (including phenoxy) is 1. The quantitative estimate of drug-likeness (QED) is 0.830. The van der Waals surface area contributed by atoms with Crippen LogP contribution in [-0.2, 0) is 0 Å². The van der Waals surface area contributed by atoms with E-state index in [1.807, 2.05) is 6.07 Å². The molecule has 2 heteroatoms. The highest BCUT2D eigenvalue weighted by Gasteiger charge is 2.23. The van der Waals surface area contributed by atoms with Crippen LogP contribution in [0.1, 0.15) is 36.8 Å². The zero-order valence-corrected chi connectivity index (χ0v) is 10.2. The first-order valence-corrected chi connectivity index (χ1v) is 6.16. The first kappa shape index (κ1) is 11.5. The van der Waals surface area contributed by atoms with E-state index in [1.54, 1.807) is 0 Å².